The second-order valence-corrected chi connectivity index (χ2v) is 7.93. The maximum atomic E-state index is 13.2. The van der Waals surface area contributed by atoms with Gasteiger partial charge in [0, 0.05) is 33.4 Å². The molecule has 0 radical (unpaired) electrons. The van der Waals surface area contributed by atoms with Gasteiger partial charge in [0.25, 0.3) is 0 Å². The van der Waals surface area contributed by atoms with Crippen LogP contribution in [0.5, 0.6) is 0 Å². The van der Waals surface area contributed by atoms with E-state index in [0.717, 1.165) is 58.0 Å². The smallest absolute Gasteiger partial charge is 0.309 e. The largest absolute Gasteiger partial charge is 0.481 e. The van der Waals surface area contributed by atoms with Crippen molar-refractivity contribution in [3.63, 3.8) is 0 Å². The van der Waals surface area contributed by atoms with E-state index in [4.69, 9.17) is 9.47 Å². The van der Waals surface area contributed by atoms with Crippen LogP contribution < -0.4 is 0 Å². The Kier molecular flexibility index (Phi) is 6.00. The van der Waals surface area contributed by atoms with Gasteiger partial charge in [0.15, 0.2) is 0 Å². The molecule has 2 heterocycles. The number of rotatable bonds is 6. The van der Waals surface area contributed by atoms with Gasteiger partial charge in [-0.2, -0.15) is 0 Å². The van der Waals surface area contributed by atoms with Crippen molar-refractivity contribution in [2.75, 3.05) is 33.4 Å². The fourth-order valence-corrected chi connectivity index (χ4v) is 5.03. The molecule has 2 saturated heterocycles. The van der Waals surface area contributed by atoms with Crippen LogP contribution in [0.4, 0.5) is 0 Å². The number of amides is 1. The van der Waals surface area contributed by atoms with Crippen LogP contribution in [0.2, 0.25) is 0 Å². The van der Waals surface area contributed by atoms with Gasteiger partial charge in [-0.15, -0.1) is 0 Å². The molecular weight excluding hydrogens is 322 g/mol. The number of hydrogen-bond donors (Lipinski definition) is 1. The van der Waals surface area contributed by atoms with Gasteiger partial charge in [0.2, 0.25) is 5.91 Å². The molecule has 3 fully saturated rings. The van der Waals surface area contributed by atoms with E-state index in [1.54, 1.807) is 7.11 Å². The summed E-state index contributed by atoms with van der Waals surface area (Å²) in [5, 5.41) is 9.36. The number of carboxylic acids is 1. The van der Waals surface area contributed by atoms with E-state index in [-0.39, 0.29) is 23.4 Å². The number of carbonyl (C=O) groups is 2. The minimum Gasteiger partial charge on any atom is -0.481 e. The third-order valence-corrected chi connectivity index (χ3v) is 6.54. The first kappa shape index (κ1) is 18.6. The number of ether oxygens (including phenoxy) is 2. The first-order valence-electron chi connectivity index (χ1n) is 9.70. The monoisotopic (exact) mass is 353 g/mol. The Morgan fingerprint density at radius 1 is 1.20 bits per heavy atom. The van der Waals surface area contributed by atoms with E-state index in [1.165, 1.54) is 0 Å². The van der Waals surface area contributed by atoms with Crippen LogP contribution >= 0.6 is 0 Å². The van der Waals surface area contributed by atoms with Gasteiger partial charge in [-0.25, -0.2) is 0 Å². The standard InChI is InChI=1S/C19H31NO5/c1-24-13-9-19(7-2-3-8-19)18(23)20-10-4-14(5-11-20)16-15(17(21)22)6-12-25-16/h14-16H,2-13H2,1H3,(H,21,22)/t15?,16-/m0/s1. The van der Waals surface area contributed by atoms with Crippen LogP contribution in [0.3, 0.4) is 0 Å². The summed E-state index contributed by atoms with van der Waals surface area (Å²) >= 11 is 0. The number of carbonyl (C=O) groups excluding carboxylic acids is 1. The van der Waals surface area contributed by atoms with Gasteiger partial charge < -0.3 is 19.5 Å². The molecule has 0 aromatic carbocycles. The lowest BCUT2D eigenvalue weighted by molar-refractivity contribution is -0.148. The molecule has 1 unspecified atom stereocenters. The fraction of sp³-hybridized carbons (Fsp3) is 0.895. The summed E-state index contributed by atoms with van der Waals surface area (Å²) in [6, 6.07) is 0. The number of aliphatic carboxylic acids is 1. The van der Waals surface area contributed by atoms with Crippen molar-refractivity contribution in [2.45, 2.75) is 57.5 Å². The summed E-state index contributed by atoms with van der Waals surface area (Å²) in [7, 11) is 1.69. The van der Waals surface area contributed by atoms with Crippen molar-refractivity contribution >= 4 is 11.9 Å². The average molecular weight is 353 g/mol. The van der Waals surface area contributed by atoms with Crippen LogP contribution in [0.25, 0.3) is 0 Å². The molecule has 1 N–H and O–H groups in total. The molecule has 2 atom stereocenters. The minimum atomic E-state index is -0.745. The van der Waals surface area contributed by atoms with Crippen LogP contribution in [0.15, 0.2) is 0 Å². The lowest BCUT2D eigenvalue weighted by Crippen LogP contribution is -2.48. The maximum Gasteiger partial charge on any atom is 0.309 e. The molecule has 0 aromatic rings. The second-order valence-electron chi connectivity index (χ2n) is 7.93. The number of nitrogens with zero attached hydrogens (tertiary/aromatic N) is 1. The zero-order valence-electron chi connectivity index (χ0n) is 15.2. The van der Waals surface area contributed by atoms with E-state index in [2.05, 4.69) is 0 Å². The highest BCUT2D eigenvalue weighted by Gasteiger charge is 2.45. The normalized spacial score (nSPS) is 29.9. The molecule has 1 amide bonds. The van der Waals surface area contributed by atoms with E-state index in [1.807, 2.05) is 4.90 Å². The van der Waals surface area contributed by atoms with Crippen molar-refractivity contribution < 1.29 is 24.2 Å². The number of methoxy groups -OCH3 is 1. The molecule has 3 aliphatic rings. The number of likely N-dealkylation sites (tertiary alicyclic amines) is 1. The number of hydrogen-bond acceptors (Lipinski definition) is 4. The van der Waals surface area contributed by atoms with Gasteiger partial charge in [-0.05, 0) is 44.4 Å². The maximum absolute atomic E-state index is 13.2. The Morgan fingerprint density at radius 3 is 2.48 bits per heavy atom. The Balaban J connectivity index is 1.58. The summed E-state index contributed by atoms with van der Waals surface area (Å²) < 4.78 is 11.0. The predicted molar refractivity (Wildman–Crippen MR) is 92.2 cm³/mol. The molecule has 1 aliphatic carbocycles. The van der Waals surface area contributed by atoms with Crippen molar-refractivity contribution in [1.29, 1.82) is 0 Å². The minimum absolute atomic E-state index is 0.177. The summed E-state index contributed by atoms with van der Waals surface area (Å²) in [6.07, 6.45) is 7.15. The summed E-state index contributed by atoms with van der Waals surface area (Å²) in [4.78, 5) is 26.6. The molecule has 0 bridgehead atoms. The third kappa shape index (κ3) is 3.85. The topological polar surface area (TPSA) is 76.1 Å². The van der Waals surface area contributed by atoms with Gasteiger partial charge in [-0.1, -0.05) is 12.8 Å². The highest BCUT2D eigenvalue weighted by molar-refractivity contribution is 5.83. The molecule has 6 nitrogen and oxygen atoms in total. The highest BCUT2D eigenvalue weighted by Crippen LogP contribution is 2.43. The molecule has 142 valence electrons. The van der Waals surface area contributed by atoms with E-state index in [0.29, 0.717) is 25.5 Å². The van der Waals surface area contributed by atoms with E-state index >= 15 is 0 Å². The van der Waals surface area contributed by atoms with Crippen LogP contribution in [0, 0.1) is 17.3 Å². The summed E-state index contributed by atoms with van der Waals surface area (Å²) in [5.41, 5.74) is -0.226. The summed E-state index contributed by atoms with van der Waals surface area (Å²) in [6.45, 7) is 2.63. The first-order chi connectivity index (χ1) is 12.1. The molecule has 0 aromatic heterocycles. The molecule has 25 heavy (non-hydrogen) atoms. The summed E-state index contributed by atoms with van der Waals surface area (Å²) in [5.74, 6) is -0.575. The van der Waals surface area contributed by atoms with Crippen LogP contribution in [-0.4, -0.2) is 61.4 Å². The number of piperidine rings is 1. The average Bonchev–Trinajstić information content (AvgIpc) is 3.29. The molecule has 1 saturated carbocycles. The van der Waals surface area contributed by atoms with Gasteiger partial charge in [0.1, 0.15) is 0 Å². The molecule has 6 heteroatoms. The van der Waals surface area contributed by atoms with Crippen molar-refractivity contribution in [1.82, 2.24) is 4.90 Å². The van der Waals surface area contributed by atoms with Crippen LogP contribution in [0.1, 0.15) is 51.4 Å². The zero-order chi connectivity index (χ0) is 17.9. The fourth-order valence-electron chi connectivity index (χ4n) is 5.03. The Labute approximate surface area is 149 Å². The van der Waals surface area contributed by atoms with Crippen molar-refractivity contribution in [3.8, 4) is 0 Å². The second kappa shape index (κ2) is 8.04. The van der Waals surface area contributed by atoms with Crippen molar-refractivity contribution in [2.24, 2.45) is 17.3 Å². The lowest BCUT2D eigenvalue weighted by atomic mass is 9.79. The lowest BCUT2D eigenvalue weighted by Gasteiger charge is -2.40. The molecule has 0 spiro atoms. The third-order valence-electron chi connectivity index (χ3n) is 6.54. The molecular formula is C19H31NO5. The van der Waals surface area contributed by atoms with E-state index in [9.17, 15) is 14.7 Å². The van der Waals surface area contributed by atoms with Gasteiger partial charge >= 0.3 is 5.97 Å². The van der Waals surface area contributed by atoms with Gasteiger partial charge in [0.05, 0.1) is 17.4 Å². The SMILES string of the molecule is COCCC1(C(=O)N2CCC([C@@H]3OCCC3C(=O)O)CC2)CCCC1. The number of carboxylic acid groups (broad SMARTS) is 1. The van der Waals surface area contributed by atoms with Crippen molar-refractivity contribution in [3.05, 3.63) is 0 Å². The quantitative estimate of drug-likeness (QED) is 0.793. The van der Waals surface area contributed by atoms with Crippen LogP contribution in [-0.2, 0) is 19.1 Å². The van der Waals surface area contributed by atoms with Gasteiger partial charge in [-0.3, -0.25) is 9.59 Å². The zero-order valence-corrected chi connectivity index (χ0v) is 15.2. The first-order valence-corrected chi connectivity index (χ1v) is 9.70. The Hall–Kier alpha value is -1.14. The molecule has 2 aliphatic heterocycles. The highest BCUT2D eigenvalue weighted by atomic mass is 16.5. The Bertz CT molecular complexity index is 480. The predicted octanol–water partition coefficient (Wildman–Crippen LogP) is 2.31. The molecule has 3 rings (SSSR count). The van der Waals surface area contributed by atoms with E-state index < -0.39 is 5.97 Å². The Morgan fingerprint density at radius 2 is 1.88 bits per heavy atom.